The van der Waals surface area contributed by atoms with Crippen molar-refractivity contribution in [2.45, 2.75) is 12.6 Å². The largest absolute Gasteiger partial charge is 0.476 e. The summed E-state index contributed by atoms with van der Waals surface area (Å²) in [7, 11) is 0. The molecule has 2 aromatic rings. The number of amides is 1. The Morgan fingerprint density at radius 3 is 2.83 bits per heavy atom. The molecule has 1 amide bonds. The fourth-order valence-electron chi connectivity index (χ4n) is 1.98. The van der Waals surface area contributed by atoms with Crippen molar-refractivity contribution in [2.75, 3.05) is 5.32 Å². The van der Waals surface area contributed by atoms with Gasteiger partial charge >= 0.3 is 5.97 Å². The van der Waals surface area contributed by atoms with E-state index < -0.39 is 18.6 Å². The minimum absolute atomic E-state index is 0.0700. The molecule has 0 aliphatic carbocycles. The highest BCUT2D eigenvalue weighted by atomic mass is 79.9. The number of aromatic nitrogens is 3. The fraction of sp³-hybridized carbons (Fsp3) is 0.143. The van der Waals surface area contributed by atoms with Crippen LogP contribution in [0.15, 0.2) is 35.3 Å². The number of rotatable bonds is 6. The molecule has 8 nitrogen and oxygen atoms in total. The maximum absolute atomic E-state index is 12.1. The van der Waals surface area contributed by atoms with Crippen molar-refractivity contribution in [3.8, 4) is 5.97 Å². The third-order valence-electron chi connectivity index (χ3n) is 3.04. The second-order valence-electron chi connectivity index (χ2n) is 4.84. The summed E-state index contributed by atoms with van der Waals surface area (Å²) in [5, 5.41) is 20.8. The summed E-state index contributed by atoms with van der Waals surface area (Å²) in [5.74, 6) is 0.325. The Labute approximate surface area is 146 Å². The fourth-order valence-corrected chi connectivity index (χ4v) is 2.32. The molecule has 0 saturated heterocycles. The van der Waals surface area contributed by atoms with Crippen LogP contribution in [0.3, 0.4) is 0 Å². The van der Waals surface area contributed by atoms with Crippen molar-refractivity contribution in [2.24, 2.45) is 0 Å². The third-order valence-corrected chi connectivity index (χ3v) is 3.48. The smallest absolute Gasteiger partial charge is 0.356 e. The lowest BCUT2D eigenvalue weighted by Gasteiger charge is -2.09. The number of carboxylic acid groups (broad SMARTS) is 1. The minimum atomic E-state index is -1.25. The van der Waals surface area contributed by atoms with Crippen LogP contribution in [0.4, 0.5) is 5.69 Å². The lowest BCUT2D eigenvalue weighted by Crippen LogP contribution is -2.25. The Balaban J connectivity index is 2.06. The highest BCUT2D eigenvalue weighted by Crippen LogP contribution is 2.19. The number of aromatic carboxylic acids is 1. The van der Waals surface area contributed by atoms with Gasteiger partial charge in [-0.1, -0.05) is 0 Å². The van der Waals surface area contributed by atoms with Crippen LogP contribution in [0.5, 0.6) is 0 Å². The highest BCUT2D eigenvalue weighted by molar-refractivity contribution is 9.10. The second kappa shape index (κ2) is 8.17. The number of carbonyl (C=O) groups excluding carboxylic acids is 1. The minimum Gasteiger partial charge on any atom is -0.476 e. The van der Waals surface area contributed by atoms with Crippen molar-refractivity contribution < 1.29 is 14.7 Å². The summed E-state index contributed by atoms with van der Waals surface area (Å²) in [4.78, 5) is 34.8. The van der Waals surface area contributed by atoms with Crippen LogP contribution in [0.25, 0.3) is 0 Å². The van der Waals surface area contributed by atoms with E-state index in [4.69, 9.17) is 5.11 Å². The highest BCUT2D eigenvalue weighted by Gasteiger charge is 2.21. The molecule has 0 fully saturated rings. The predicted octanol–water partition coefficient (Wildman–Crippen LogP) is 1.61. The van der Waals surface area contributed by atoms with Crippen LogP contribution >= 0.6 is 15.9 Å². The van der Waals surface area contributed by atoms with Crippen LogP contribution < -0.4 is 5.32 Å². The van der Waals surface area contributed by atoms with Crippen LogP contribution in [0, 0.1) is 11.2 Å². The van der Waals surface area contributed by atoms with Crippen molar-refractivity contribution >= 4 is 40.2 Å². The number of pyridine rings is 1. The number of carboxylic acids is 1. The van der Waals surface area contributed by atoms with E-state index in [0.29, 0.717) is 16.5 Å². The molecule has 24 heavy (non-hydrogen) atoms. The lowest BCUT2D eigenvalue weighted by atomic mass is 9.46. The number of nitrogens with zero attached hydrogens (tertiary/aromatic N) is 4. The molecular formula is C14H11BBrN5O3. The molecule has 10 heteroatoms. The third kappa shape index (κ3) is 4.86. The molecule has 120 valence electrons. The summed E-state index contributed by atoms with van der Waals surface area (Å²) in [6.45, 7) is -0.590. The van der Waals surface area contributed by atoms with Crippen LogP contribution in [-0.4, -0.2) is 38.6 Å². The molecule has 0 radical (unpaired) electrons. The van der Waals surface area contributed by atoms with Crippen molar-refractivity contribution in [3.63, 3.8) is 0 Å². The molecule has 0 unspecified atom stereocenters. The molecule has 0 aliphatic rings. The predicted molar refractivity (Wildman–Crippen MR) is 89.4 cm³/mol. The van der Waals surface area contributed by atoms with Crippen molar-refractivity contribution in [1.82, 2.24) is 15.0 Å². The number of carbonyl (C=O) groups is 2. The monoisotopic (exact) mass is 387 g/mol. The molecule has 0 bridgehead atoms. The number of halogens is 1. The number of nitriles is 1. The molecule has 2 N–H and O–H groups in total. The van der Waals surface area contributed by atoms with E-state index in [1.165, 1.54) is 18.6 Å². The molecule has 2 heterocycles. The Hall–Kier alpha value is -2.80. The first-order valence-electron chi connectivity index (χ1n) is 6.82. The molecule has 0 spiro atoms. The van der Waals surface area contributed by atoms with E-state index in [2.05, 4.69) is 42.2 Å². The molecular weight excluding hydrogens is 377 g/mol. The second-order valence-corrected chi connectivity index (χ2v) is 5.75. The maximum Gasteiger partial charge on any atom is 0.356 e. The molecule has 2 rings (SSSR count). The molecule has 0 aliphatic heterocycles. The molecule has 0 atom stereocenters. The first-order valence-corrected chi connectivity index (χ1v) is 7.62. The zero-order valence-electron chi connectivity index (χ0n) is 12.3. The first kappa shape index (κ1) is 17.6. The summed E-state index contributed by atoms with van der Waals surface area (Å²) in [6, 6.07) is 3.11. The van der Waals surface area contributed by atoms with E-state index in [9.17, 15) is 14.9 Å². The van der Waals surface area contributed by atoms with Crippen LogP contribution in [0.2, 0.25) is 6.32 Å². The Bertz CT molecular complexity index is 797. The van der Waals surface area contributed by atoms with E-state index >= 15 is 0 Å². The number of hydrogen-bond donors (Lipinski definition) is 2. The average Bonchev–Trinajstić information content (AvgIpc) is 2.54. The van der Waals surface area contributed by atoms with E-state index in [-0.39, 0.29) is 17.7 Å². The Kier molecular flexibility index (Phi) is 5.98. The van der Waals surface area contributed by atoms with Gasteiger partial charge in [0.15, 0.2) is 5.69 Å². The van der Waals surface area contributed by atoms with Gasteiger partial charge in [-0.05, 0) is 34.4 Å². The number of anilines is 1. The van der Waals surface area contributed by atoms with Crippen LogP contribution in [0.1, 0.15) is 16.2 Å². The van der Waals surface area contributed by atoms with Gasteiger partial charge < -0.3 is 10.4 Å². The summed E-state index contributed by atoms with van der Waals surface area (Å²) in [5.41, 5.74) is 0.455. The number of hydrogen-bond acceptors (Lipinski definition) is 6. The van der Waals surface area contributed by atoms with Crippen molar-refractivity contribution in [3.05, 3.63) is 46.7 Å². The van der Waals surface area contributed by atoms with Gasteiger partial charge in [0, 0.05) is 34.8 Å². The van der Waals surface area contributed by atoms with E-state index in [1.807, 2.05) is 0 Å². The Morgan fingerprint density at radius 2 is 2.21 bits per heavy atom. The topological polar surface area (TPSA) is 129 Å². The summed E-state index contributed by atoms with van der Waals surface area (Å²) >= 11 is 3.17. The van der Waals surface area contributed by atoms with Gasteiger partial charge in [-0.25, -0.2) is 25.0 Å². The summed E-state index contributed by atoms with van der Waals surface area (Å²) in [6.07, 6.45) is 4.46. The zero-order chi connectivity index (χ0) is 17.5. The van der Waals surface area contributed by atoms with Crippen molar-refractivity contribution in [1.29, 1.82) is 5.26 Å². The zero-order valence-corrected chi connectivity index (χ0v) is 13.9. The first-order chi connectivity index (χ1) is 11.5. The van der Waals surface area contributed by atoms with Gasteiger partial charge in [-0.3, -0.25) is 4.79 Å². The van der Waals surface area contributed by atoms with Gasteiger partial charge in [0.2, 0.25) is 5.91 Å². The quantitative estimate of drug-likeness (QED) is 0.720. The van der Waals surface area contributed by atoms with Gasteiger partial charge in [0.05, 0.1) is 5.69 Å². The van der Waals surface area contributed by atoms with E-state index in [0.717, 1.165) is 0 Å². The van der Waals surface area contributed by atoms with Gasteiger partial charge in [0.25, 0.3) is 6.71 Å². The summed E-state index contributed by atoms with van der Waals surface area (Å²) < 4.78 is 0.528. The average molecular weight is 388 g/mol. The van der Waals surface area contributed by atoms with Crippen LogP contribution in [-0.2, 0) is 11.1 Å². The normalized spacial score (nSPS) is 9.83. The molecule has 0 aromatic carbocycles. The molecule has 2 aromatic heterocycles. The molecule has 0 saturated carbocycles. The SMILES string of the molecule is N#CB(CC(=O)Nc1cc(Br)cnc1C(=O)O)Cc1ccncn1. The maximum atomic E-state index is 12.1. The van der Waals surface area contributed by atoms with E-state index in [1.54, 1.807) is 12.3 Å². The Morgan fingerprint density at radius 1 is 1.42 bits per heavy atom. The van der Waals surface area contributed by atoms with Gasteiger partial charge in [-0.15, -0.1) is 0 Å². The lowest BCUT2D eigenvalue weighted by molar-refractivity contribution is -0.114. The standard InChI is InChI=1S/C14H11BBrN5O3/c16-9-3-11(13(14(23)24)19-6-9)21-12(22)5-15(7-17)4-10-1-2-18-8-20-10/h1-3,6,8H,4-5H2,(H,21,22)(H,23,24). The number of nitrogens with one attached hydrogen (secondary N) is 1. The van der Waals surface area contributed by atoms with Gasteiger partial charge in [-0.2, -0.15) is 0 Å². The van der Waals surface area contributed by atoms with Gasteiger partial charge in [0.1, 0.15) is 6.33 Å².